The number of nitrogens with one attached hydrogen (secondary N) is 1. The number of hydrogen-bond donors (Lipinski definition) is 1. The number of carbonyl (C=O) groups is 2. The Morgan fingerprint density at radius 2 is 1.64 bits per heavy atom. The van der Waals surface area contributed by atoms with Crippen molar-refractivity contribution in [2.75, 3.05) is 13.1 Å². The molecule has 1 saturated heterocycles. The fourth-order valence-corrected chi connectivity index (χ4v) is 5.36. The summed E-state index contributed by atoms with van der Waals surface area (Å²) < 4.78 is 0. The van der Waals surface area contributed by atoms with Crippen LogP contribution in [-0.4, -0.2) is 29.8 Å². The monoisotopic (exact) mass is 440 g/mol. The molecule has 1 unspecified atom stereocenters. The van der Waals surface area contributed by atoms with E-state index in [9.17, 15) is 9.59 Å². The lowest BCUT2D eigenvalue weighted by molar-refractivity contribution is -0.127. The highest BCUT2D eigenvalue weighted by atomic mass is 16.2. The van der Waals surface area contributed by atoms with Crippen LogP contribution >= 0.6 is 0 Å². The van der Waals surface area contributed by atoms with E-state index in [1.165, 1.54) is 36.0 Å². The lowest BCUT2D eigenvalue weighted by Gasteiger charge is -2.32. The van der Waals surface area contributed by atoms with Gasteiger partial charge in [0.1, 0.15) is 0 Å². The Labute approximate surface area is 196 Å². The van der Waals surface area contributed by atoms with Crippen LogP contribution in [0.25, 0.3) is 10.8 Å². The van der Waals surface area contributed by atoms with Crippen LogP contribution in [0.15, 0.2) is 60.7 Å². The first kappa shape index (κ1) is 21.7. The molecule has 170 valence electrons. The van der Waals surface area contributed by atoms with Crippen LogP contribution in [0, 0.1) is 5.92 Å². The minimum atomic E-state index is -0.0401. The summed E-state index contributed by atoms with van der Waals surface area (Å²) >= 11 is 0. The molecule has 3 aromatic rings. The van der Waals surface area contributed by atoms with E-state index in [-0.39, 0.29) is 23.8 Å². The molecule has 5 rings (SSSR count). The number of fused-ring (bicyclic) bond motifs is 2. The van der Waals surface area contributed by atoms with Gasteiger partial charge in [-0.05, 0) is 79.0 Å². The maximum Gasteiger partial charge on any atom is 0.254 e. The molecule has 1 fully saturated rings. The number of likely N-dealkylation sites (tertiary alicyclic amines) is 1. The lowest BCUT2D eigenvalue weighted by Crippen LogP contribution is -2.43. The highest BCUT2D eigenvalue weighted by Crippen LogP contribution is 2.27. The summed E-state index contributed by atoms with van der Waals surface area (Å²) in [6.45, 7) is 3.31. The first-order valence-electron chi connectivity index (χ1n) is 12.3. The van der Waals surface area contributed by atoms with Crippen LogP contribution in [-0.2, 0) is 17.6 Å². The molecule has 0 spiro atoms. The first-order chi connectivity index (χ1) is 16.1. The van der Waals surface area contributed by atoms with Crippen molar-refractivity contribution in [3.05, 3.63) is 82.9 Å². The van der Waals surface area contributed by atoms with Gasteiger partial charge in [0.2, 0.25) is 5.91 Å². The van der Waals surface area contributed by atoms with E-state index in [2.05, 4.69) is 30.4 Å². The van der Waals surface area contributed by atoms with E-state index < -0.39 is 0 Å². The quantitative estimate of drug-likeness (QED) is 0.587. The Kier molecular flexibility index (Phi) is 6.17. The van der Waals surface area contributed by atoms with Gasteiger partial charge in [0.25, 0.3) is 5.91 Å². The van der Waals surface area contributed by atoms with Gasteiger partial charge in [0.15, 0.2) is 0 Å². The van der Waals surface area contributed by atoms with Gasteiger partial charge in [0.05, 0.1) is 6.04 Å². The van der Waals surface area contributed by atoms with Gasteiger partial charge in [-0.15, -0.1) is 0 Å². The Balaban J connectivity index is 1.19. The molecule has 0 radical (unpaired) electrons. The molecular formula is C29H32N2O2. The second kappa shape index (κ2) is 9.38. The van der Waals surface area contributed by atoms with Gasteiger partial charge in [-0.2, -0.15) is 0 Å². The summed E-state index contributed by atoms with van der Waals surface area (Å²) in [5, 5.41) is 5.30. The second-order valence-corrected chi connectivity index (χ2v) is 9.56. The molecule has 0 aromatic heterocycles. The Hall–Kier alpha value is -3.14. The second-order valence-electron chi connectivity index (χ2n) is 9.56. The fourth-order valence-electron chi connectivity index (χ4n) is 5.36. The molecular weight excluding hydrogens is 408 g/mol. The molecule has 1 atom stereocenters. The van der Waals surface area contributed by atoms with Gasteiger partial charge in [-0.3, -0.25) is 9.59 Å². The number of hydrogen-bond acceptors (Lipinski definition) is 2. The van der Waals surface area contributed by atoms with E-state index in [1.807, 2.05) is 47.4 Å². The molecule has 1 aliphatic carbocycles. The molecule has 4 heteroatoms. The van der Waals surface area contributed by atoms with Crippen LogP contribution in [0.2, 0.25) is 0 Å². The van der Waals surface area contributed by atoms with E-state index in [0.717, 1.165) is 22.8 Å². The summed E-state index contributed by atoms with van der Waals surface area (Å²) in [4.78, 5) is 28.1. The Bertz CT molecular complexity index is 1170. The first-order valence-corrected chi connectivity index (χ1v) is 12.3. The van der Waals surface area contributed by atoms with Crippen LogP contribution in [0.4, 0.5) is 0 Å². The number of carbonyl (C=O) groups excluding carboxylic acids is 2. The number of nitrogens with zero attached hydrogens (tertiary/aromatic N) is 1. The molecule has 0 saturated carbocycles. The van der Waals surface area contributed by atoms with Gasteiger partial charge in [0, 0.05) is 24.6 Å². The predicted octanol–water partition coefficient (Wildman–Crippen LogP) is 5.45. The van der Waals surface area contributed by atoms with Gasteiger partial charge in [-0.25, -0.2) is 0 Å². The third kappa shape index (κ3) is 4.52. The fraction of sp³-hybridized carbons (Fsp3) is 0.379. The molecule has 3 aromatic carbocycles. The van der Waals surface area contributed by atoms with Crippen molar-refractivity contribution in [1.29, 1.82) is 0 Å². The van der Waals surface area contributed by atoms with E-state index in [0.29, 0.717) is 25.9 Å². The van der Waals surface area contributed by atoms with Crippen LogP contribution < -0.4 is 5.32 Å². The maximum absolute atomic E-state index is 13.2. The maximum atomic E-state index is 13.2. The third-order valence-electron chi connectivity index (χ3n) is 7.40. The number of rotatable bonds is 4. The minimum Gasteiger partial charge on any atom is -0.349 e. The van der Waals surface area contributed by atoms with Crippen molar-refractivity contribution in [3.63, 3.8) is 0 Å². The van der Waals surface area contributed by atoms with Crippen molar-refractivity contribution in [3.8, 4) is 0 Å². The molecule has 4 nitrogen and oxygen atoms in total. The van der Waals surface area contributed by atoms with E-state index in [4.69, 9.17) is 0 Å². The molecule has 2 aliphatic rings. The smallest absolute Gasteiger partial charge is 0.254 e. The normalized spacial score (nSPS) is 17.4. The Morgan fingerprint density at radius 3 is 2.45 bits per heavy atom. The lowest BCUT2D eigenvalue weighted by atomic mass is 9.89. The molecule has 2 amide bonds. The summed E-state index contributed by atoms with van der Waals surface area (Å²) in [5.41, 5.74) is 4.84. The minimum absolute atomic E-state index is 0.0000660. The summed E-state index contributed by atoms with van der Waals surface area (Å²) in [5.74, 6) is 0.132. The van der Waals surface area contributed by atoms with Gasteiger partial charge < -0.3 is 10.2 Å². The zero-order valence-corrected chi connectivity index (χ0v) is 19.3. The summed E-state index contributed by atoms with van der Waals surface area (Å²) in [6.07, 6.45) is 6.27. The van der Waals surface area contributed by atoms with Crippen LogP contribution in [0.3, 0.4) is 0 Å². The predicted molar refractivity (Wildman–Crippen MR) is 132 cm³/mol. The van der Waals surface area contributed by atoms with Crippen molar-refractivity contribution in [2.24, 2.45) is 5.92 Å². The van der Waals surface area contributed by atoms with Crippen LogP contribution in [0.1, 0.15) is 65.7 Å². The topological polar surface area (TPSA) is 49.4 Å². The molecule has 0 bridgehead atoms. The Morgan fingerprint density at radius 1 is 0.909 bits per heavy atom. The summed E-state index contributed by atoms with van der Waals surface area (Å²) in [6, 6.07) is 20.6. The molecule has 1 heterocycles. The largest absolute Gasteiger partial charge is 0.349 e. The van der Waals surface area contributed by atoms with Gasteiger partial charge >= 0.3 is 0 Å². The highest BCUT2D eigenvalue weighted by molar-refractivity contribution is 6.07. The van der Waals surface area contributed by atoms with Crippen molar-refractivity contribution < 1.29 is 9.59 Å². The number of benzene rings is 3. The van der Waals surface area contributed by atoms with E-state index in [1.54, 1.807) is 0 Å². The molecule has 1 aliphatic heterocycles. The standard InChI is InChI=1S/C29H32N2O2/c1-20(24-14-13-21-7-2-3-9-25(21)19-24)30-28(32)23-15-17-31(18-16-23)29(33)27-12-6-10-22-8-4-5-11-26(22)27/h4-6,8,10-14,19-20,23H,2-3,7,9,15-18H2,1H3,(H,30,32). The zero-order chi connectivity index (χ0) is 22.8. The highest BCUT2D eigenvalue weighted by Gasteiger charge is 2.29. The van der Waals surface area contributed by atoms with Gasteiger partial charge in [-0.1, -0.05) is 54.6 Å². The average Bonchev–Trinajstić information content (AvgIpc) is 2.87. The number of amides is 2. The third-order valence-corrected chi connectivity index (χ3v) is 7.40. The molecule has 1 N–H and O–H groups in total. The number of aryl methyl sites for hydroxylation is 2. The average molecular weight is 441 g/mol. The van der Waals surface area contributed by atoms with Crippen molar-refractivity contribution in [2.45, 2.75) is 51.5 Å². The SMILES string of the molecule is CC(NC(=O)C1CCN(C(=O)c2cccc3ccccc23)CC1)c1ccc2c(c1)CCCC2. The summed E-state index contributed by atoms with van der Waals surface area (Å²) in [7, 11) is 0. The van der Waals surface area contributed by atoms with Crippen molar-refractivity contribution in [1.82, 2.24) is 10.2 Å². The van der Waals surface area contributed by atoms with Crippen molar-refractivity contribution >= 4 is 22.6 Å². The van der Waals surface area contributed by atoms with Crippen LogP contribution in [0.5, 0.6) is 0 Å². The van der Waals surface area contributed by atoms with E-state index >= 15 is 0 Å². The zero-order valence-electron chi connectivity index (χ0n) is 19.3. The number of piperidine rings is 1. The molecule has 33 heavy (non-hydrogen) atoms.